The molecule has 27 heavy (non-hydrogen) atoms. The standard InChI is InChI=1S/C21H28N2O3S/c1-15-11-16(2)13-19(12-15)22-21(24)7-6-10-23(27(5,25)26)20-9-8-17(3)18(4)14-20/h8-9,11-14H,6-7,10H2,1-5H3,(H,22,24). The molecule has 0 atom stereocenters. The van der Waals surface area contributed by atoms with Crippen LogP contribution in [-0.4, -0.2) is 27.1 Å². The second-order valence-corrected chi connectivity index (χ2v) is 9.04. The lowest BCUT2D eigenvalue weighted by Crippen LogP contribution is -2.31. The number of benzene rings is 2. The normalized spacial score (nSPS) is 11.3. The predicted molar refractivity (Wildman–Crippen MR) is 112 cm³/mol. The van der Waals surface area contributed by atoms with E-state index in [0.29, 0.717) is 12.1 Å². The minimum absolute atomic E-state index is 0.117. The highest BCUT2D eigenvalue weighted by Gasteiger charge is 2.18. The molecule has 0 aliphatic carbocycles. The van der Waals surface area contributed by atoms with Gasteiger partial charge in [0.05, 0.1) is 11.9 Å². The van der Waals surface area contributed by atoms with Crippen LogP contribution in [0.5, 0.6) is 0 Å². The van der Waals surface area contributed by atoms with E-state index >= 15 is 0 Å². The highest BCUT2D eigenvalue weighted by atomic mass is 32.2. The van der Waals surface area contributed by atoms with Crippen LogP contribution in [0.25, 0.3) is 0 Å². The lowest BCUT2D eigenvalue weighted by Gasteiger charge is -2.23. The van der Waals surface area contributed by atoms with Crippen molar-refractivity contribution < 1.29 is 13.2 Å². The van der Waals surface area contributed by atoms with Crippen LogP contribution in [0.4, 0.5) is 11.4 Å². The minimum Gasteiger partial charge on any atom is -0.326 e. The Hall–Kier alpha value is -2.34. The number of hydrogen-bond acceptors (Lipinski definition) is 3. The summed E-state index contributed by atoms with van der Waals surface area (Å²) in [7, 11) is -3.41. The number of amides is 1. The second kappa shape index (κ2) is 8.57. The maximum absolute atomic E-state index is 12.2. The van der Waals surface area contributed by atoms with Gasteiger partial charge in [-0.2, -0.15) is 0 Å². The average Bonchev–Trinajstić information content (AvgIpc) is 2.52. The van der Waals surface area contributed by atoms with Gasteiger partial charge in [-0.15, -0.1) is 0 Å². The molecule has 0 saturated heterocycles. The minimum atomic E-state index is -3.41. The lowest BCUT2D eigenvalue weighted by atomic mass is 10.1. The second-order valence-electron chi connectivity index (χ2n) is 7.13. The average molecular weight is 389 g/mol. The Morgan fingerprint density at radius 3 is 2.15 bits per heavy atom. The number of nitrogens with one attached hydrogen (secondary N) is 1. The first-order valence-electron chi connectivity index (χ1n) is 8.99. The van der Waals surface area contributed by atoms with Gasteiger partial charge in [0.25, 0.3) is 0 Å². The molecule has 6 heteroatoms. The molecule has 0 bridgehead atoms. The van der Waals surface area contributed by atoms with Crippen LogP contribution in [-0.2, 0) is 14.8 Å². The third-order valence-electron chi connectivity index (χ3n) is 4.45. The summed E-state index contributed by atoms with van der Waals surface area (Å²) in [5, 5.41) is 2.89. The summed E-state index contributed by atoms with van der Waals surface area (Å²) in [6.45, 7) is 8.17. The summed E-state index contributed by atoms with van der Waals surface area (Å²) in [4.78, 5) is 12.2. The molecule has 0 heterocycles. The molecule has 5 nitrogen and oxygen atoms in total. The molecular weight excluding hydrogens is 360 g/mol. The third-order valence-corrected chi connectivity index (χ3v) is 5.64. The fraction of sp³-hybridized carbons (Fsp3) is 0.381. The number of sulfonamides is 1. The van der Waals surface area contributed by atoms with Gasteiger partial charge in [0.1, 0.15) is 0 Å². The first kappa shape index (κ1) is 21.0. The topological polar surface area (TPSA) is 66.5 Å². The van der Waals surface area contributed by atoms with Gasteiger partial charge in [-0.25, -0.2) is 8.42 Å². The summed E-state index contributed by atoms with van der Waals surface area (Å²) in [5.41, 5.74) is 5.72. The number of anilines is 2. The summed E-state index contributed by atoms with van der Waals surface area (Å²) in [6, 6.07) is 11.5. The monoisotopic (exact) mass is 388 g/mol. The van der Waals surface area contributed by atoms with Crippen molar-refractivity contribution >= 4 is 27.3 Å². The van der Waals surface area contributed by atoms with Gasteiger partial charge < -0.3 is 5.32 Å². The zero-order valence-corrected chi connectivity index (χ0v) is 17.5. The van der Waals surface area contributed by atoms with Crippen molar-refractivity contribution in [2.75, 3.05) is 22.4 Å². The van der Waals surface area contributed by atoms with Gasteiger partial charge in [-0.05, 0) is 80.6 Å². The quantitative estimate of drug-likeness (QED) is 0.776. The van der Waals surface area contributed by atoms with E-state index in [1.807, 2.05) is 58.0 Å². The fourth-order valence-electron chi connectivity index (χ4n) is 3.02. The van der Waals surface area contributed by atoms with Gasteiger partial charge in [-0.1, -0.05) is 12.1 Å². The van der Waals surface area contributed by atoms with Gasteiger partial charge in [-0.3, -0.25) is 9.10 Å². The zero-order chi connectivity index (χ0) is 20.2. The fourth-order valence-corrected chi connectivity index (χ4v) is 3.98. The number of rotatable bonds is 7. The van der Waals surface area contributed by atoms with Crippen LogP contribution in [0.15, 0.2) is 36.4 Å². The summed E-state index contributed by atoms with van der Waals surface area (Å²) < 4.78 is 25.8. The third kappa shape index (κ3) is 6.10. The first-order chi connectivity index (χ1) is 12.6. The molecule has 1 amide bonds. The molecule has 146 valence electrons. The molecule has 1 N–H and O–H groups in total. The smallest absolute Gasteiger partial charge is 0.232 e. The highest BCUT2D eigenvalue weighted by molar-refractivity contribution is 7.92. The van der Waals surface area contributed by atoms with Crippen molar-refractivity contribution in [1.29, 1.82) is 0 Å². The van der Waals surface area contributed by atoms with Crippen molar-refractivity contribution in [3.8, 4) is 0 Å². The largest absolute Gasteiger partial charge is 0.326 e. The van der Waals surface area contributed by atoms with E-state index < -0.39 is 10.0 Å². The summed E-state index contributed by atoms with van der Waals surface area (Å²) in [5.74, 6) is -0.117. The SMILES string of the molecule is Cc1cc(C)cc(NC(=O)CCCN(c2ccc(C)c(C)c2)S(C)(=O)=O)c1. The van der Waals surface area contributed by atoms with E-state index in [1.54, 1.807) is 6.07 Å². The Morgan fingerprint density at radius 1 is 0.963 bits per heavy atom. The van der Waals surface area contributed by atoms with E-state index in [-0.39, 0.29) is 18.9 Å². The first-order valence-corrected chi connectivity index (χ1v) is 10.8. The van der Waals surface area contributed by atoms with Crippen LogP contribution in [0.3, 0.4) is 0 Å². The molecule has 0 fully saturated rings. The summed E-state index contributed by atoms with van der Waals surface area (Å²) >= 11 is 0. The maximum atomic E-state index is 12.2. The molecule has 2 aromatic rings. The number of aryl methyl sites for hydroxylation is 4. The molecule has 0 aromatic heterocycles. The Kier molecular flexibility index (Phi) is 6.65. The lowest BCUT2D eigenvalue weighted by molar-refractivity contribution is -0.116. The number of carbonyl (C=O) groups excluding carboxylic acids is 1. The Morgan fingerprint density at radius 2 is 1.59 bits per heavy atom. The number of carbonyl (C=O) groups is 1. The van der Waals surface area contributed by atoms with Crippen molar-refractivity contribution in [3.05, 3.63) is 58.7 Å². The predicted octanol–water partition coefficient (Wildman–Crippen LogP) is 4.11. The van der Waals surface area contributed by atoms with E-state index in [9.17, 15) is 13.2 Å². The summed E-state index contributed by atoms with van der Waals surface area (Å²) in [6.07, 6.45) is 1.89. The Labute approximate surface area is 162 Å². The molecule has 2 rings (SSSR count). The highest BCUT2D eigenvalue weighted by Crippen LogP contribution is 2.22. The Balaban J connectivity index is 2.01. The van der Waals surface area contributed by atoms with E-state index in [4.69, 9.17) is 0 Å². The van der Waals surface area contributed by atoms with Crippen LogP contribution >= 0.6 is 0 Å². The van der Waals surface area contributed by atoms with Crippen molar-refractivity contribution in [3.63, 3.8) is 0 Å². The van der Waals surface area contributed by atoms with E-state index in [0.717, 1.165) is 27.9 Å². The molecule has 0 radical (unpaired) electrons. The van der Waals surface area contributed by atoms with Crippen LogP contribution < -0.4 is 9.62 Å². The van der Waals surface area contributed by atoms with Crippen molar-refractivity contribution in [1.82, 2.24) is 0 Å². The number of hydrogen-bond donors (Lipinski definition) is 1. The molecule has 0 saturated carbocycles. The van der Waals surface area contributed by atoms with Crippen molar-refractivity contribution in [2.45, 2.75) is 40.5 Å². The molecule has 0 aliphatic rings. The van der Waals surface area contributed by atoms with Gasteiger partial charge >= 0.3 is 0 Å². The van der Waals surface area contributed by atoms with Crippen LogP contribution in [0.2, 0.25) is 0 Å². The molecule has 0 aliphatic heterocycles. The van der Waals surface area contributed by atoms with E-state index in [1.165, 1.54) is 10.6 Å². The van der Waals surface area contributed by atoms with Gasteiger partial charge in [0, 0.05) is 18.7 Å². The molecule has 2 aromatic carbocycles. The molecule has 0 unspecified atom stereocenters. The maximum Gasteiger partial charge on any atom is 0.232 e. The Bertz CT molecular complexity index is 916. The molecular formula is C21H28N2O3S. The van der Waals surface area contributed by atoms with Crippen molar-refractivity contribution in [2.24, 2.45) is 0 Å². The molecule has 0 spiro atoms. The van der Waals surface area contributed by atoms with Crippen LogP contribution in [0.1, 0.15) is 35.1 Å². The van der Waals surface area contributed by atoms with Gasteiger partial charge in [0.2, 0.25) is 15.9 Å². The van der Waals surface area contributed by atoms with E-state index in [2.05, 4.69) is 5.32 Å². The van der Waals surface area contributed by atoms with Gasteiger partial charge in [0.15, 0.2) is 0 Å². The van der Waals surface area contributed by atoms with Crippen LogP contribution in [0, 0.1) is 27.7 Å². The number of nitrogens with zero attached hydrogens (tertiary/aromatic N) is 1. The zero-order valence-electron chi connectivity index (χ0n) is 16.7.